The van der Waals surface area contributed by atoms with Gasteiger partial charge in [0, 0.05) is 18.8 Å². The zero-order valence-electron chi connectivity index (χ0n) is 17.1. The van der Waals surface area contributed by atoms with E-state index in [1.807, 2.05) is 78.9 Å². The number of carbonyl (C=O) groups excluding carboxylic acids is 1. The molecule has 0 aliphatic carbocycles. The molecule has 3 rings (SSSR count). The number of hydrogen-bond acceptors (Lipinski definition) is 5. The van der Waals surface area contributed by atoms with Gasteiger partial charge in [-0.3, -0.25) is 4.79 Å². The standard InChI is InChI=1S/C24H27N3O3/c1-29-23-16-20(17-26-27-21-10-6-3-7-11-21)12-13-22(23)30-18-24(28)25-15-14-19-8-4-2-5-9-19/h2-13,16,26-27H,14-15,17-18H2,1H3,(H,25,28). The molecule has 0 radical (unpaired) electrons. The molecule has 1 amide bonds. The highest BCUT2D eigenvalue weighted by Gasteiger charge is 2.09. The molecule has 0 atom stereocenters. The van der Waals surface area contributed by atoms with Gasteiger partial charge in [0.25, 0.3) is 5.91 Å². The number of hydrazine groups is 1. The van der Waals surface area contributed by atoms with E-state index in [9.17, 15) is 4.79 Å². The summed E-state index contributed by atoms with van der Waals surface area (Å²) in [5.41, 5.74) is 9.50. The Hall–Kier alpha value is -3.51. The Balaban J connectivity index is 1.43. The highest BCUT2D eigenvalue weighted by molar-refractivity contribution is 5.77. The van der Waals surface area contributed by atoms with Crippen molar-refractivity contribution in [1.82, 2.24) is 10.7 Å². The van der Waals surface area contributed by atoms with Gasteiger partial charge in [-0.25, -0.2) is 5.43 Å². The number of methoxy groups -OCH3 is 1. The van der Waals surface area contributed by atoms with E-state index >= 15 is 0 Å². The van der Waals surface area contributed by atoms with Gasteiger partial charge in [-0.15, -0.1) is 0 Å². The second-order valence-electron chi connectivity index (χ2n) is 6.70. The van der Waals surface area contributed by atoms with E-state index < -0.39 is 0 Å². The van der Waals surface area contributed by atoms with Crippen LogP contribution in [0.15, 0.2) is 78.9 Å². The van der Waals surface area contributed by atoms with Crippen molar-refractivity contribution >= 4 is 11.6 Å². The lowest BCUT2D eigenvalue weighted by atomic mass is 10.1. The van der Waals surface area contributed by atoms with Crippen molar-refractivity contribution < 1.29 is 14.3 Å². The molecule has 6 nitrogen and oxygen atoms in total. The summed E-state index contributed by atoms with van der Waals surface area (Å²) in [6.45, 7) is 1.12. The van der Waals surface area contributed by atoms with Crippen molar-refractivity contribution in [3.05, 3.63) is 90.0 Å². The fourth-order valence-corrected chi connectivity index (χ4v) is 2.90. The molecule has 0 spiro atoms. The number of ether oxygens (including phenoxy) is 2. The molecular weight excluding hydrogens is 378 g/mol. The van der Waals surface area contributed by atoms with E-state index in [1.165, 1.54) is 5.56 Å². The molecule has 0 bridgehead atoms. The van der Waals surface area contributed by atoms with Gasteiger partial charge < -0.3 is 20.2 Å². The summed E-state index contributed by atoms with van der Waals surface area (Å²) in [6, 6.07) is 25.6. The summed E-state index contributed by atoms with van der Waals surface area (Å²) in [6.07, 6.45) is 0.786. The molecule has 0 aliphatic heterocycles. The van der Waals surface area contributed by atoms with E-state index in [-0.39, 0.29) is 12.5 Å². The monoisotopic (exact) mass is 405 g/mol. The zero-order valence-corrected chi connectivity index (χ0v) is 17.1. The SMILES string of the molecule is COc1cc(CNNc2ccccc2)ccc1OCC(=O)NCCc1ccccc1. The first kappa shape index (κ1) is 21.2. The van der Waals surface area contributed by atoms with Crippen LogP contribution in [0.3, 0.4) is 0 Å². The minimum absolute atomic E-state index is 0.0572. The van der Waals surface area contributed by atoms with Crippen molar-refractivity contribution in [2.45, 2.75) is 13.0 Å². The molecule has 3 aromatic rings. The van der Waals surface area contributed by atoms with Crippen LogP contribution in [0.1, 0.15) is 11.1 Å². The third-order valence-electron chi connectivity index (χ3n) is 4.46. The van der Waals surface area contributed by atoms with Crippen LogP contribution in [0.5, 0.6) is 11.5 Å². The Labute approximate surface area is 177 Å². The molecular formula is C24H27N3O3. The first-order valence-electron chi connectivity index (χ1n) is 9.89. The quantitative estimate of drug-likeness (QED) is 0.426. The van der Waals surface area contributed by atoms with Crippen LogP contribution >= 0.6 is 0 Å². The largest absolute Gasteiger partial charge is 0.493 e. The molecule has 3 aromatic carbocycles. The third-order valence-corrected chi connectivity index (χ3v) is 4.46. The Morgan fingerprint density at radius 1 is 0.867 bits per heavy atom. The number of hydrogen-bond donors (Lipinski definition) is 3. The number of para-hydroxylation sites is 1. The summed E-state index contributed by atoms with van der Waals surface area (Å²) in [5, 5.41) is 2.87. The first-order chi connectivity index (χ1) is 14.7. The average molecular weight is 405 g/mol. The Bertz CT molecular complexity index is 917. The summed E-state index contributed by atoms with van der Waals surface area (Å²) in [5.74, 6) is 0.965. The lowest BCUT2D eigenvalue weighted by molar-refractivity contribution is -0.123. The summed E-state index contributed by atoms with van der Waals surface area (Å²) in [7, 11) is 1.58. The van der Waals surface area contributed by atoms with Gasteiger partial charge >= 0.3 is 0 Å². The molecule has 3 N–H and O–H groups in total. The molecule has 156 valence electrons. The molecule has 0 unspecified atom stereocenters. The van der Waals surface area contributed by atoms with Crippen LogP contribution in [0.25, 0.3) is 0 Å². The lowest BCUT2D eigenvalue weighted by Gasteiger charge is -2.13. The molecule has 0 aromatic heterocycles. The van der Waals surface area contributed by atoms with Crippen LogP contribution in [0.2, 0.25) is 0 Å². The highest BCUT2D eigenvalue weighted by atomic mass is 16.5. The maximum atomic E-state index is 12.1. The maximum Gasteiger partial charge on any atom is 0.257 e. The average Bonchev–Trinajstić information content (AvgIpc) is 2.79. The van der Waals surface area contributed by atoms with Gasteiger partial charge in [-0.1, -0.05) is 54.6 Å². The van der Waals surface area contributed by atoms with Crippen LogP contribution < -0.4 is 25.6 Å². The maximum absolute atomic E-state index is 12.1. The minimum Gasteiger partial charge on any atom is -0.493 e. The Kier molecular flexibility index (Phi) is 8.12. The molecule has 0 heterocycles. The normalized spacial score (nSPS) is 10.3. The third kappa shape index (κ3) is 6.83. The van der Waals surface area contributed by atoms with Crippen LogP contribution in [0, 0.1) is 0 Å². The van der Waals surface area contributed by atoms with Crippen molar-refractivity contribution in [3.63, 3.8) is 0 Å². The Morgan fingerprint density at radius 3 is 2.33 bits per heavy atom. The van der Waals surface area contributed by atoms with Gasteiger partial charge in [0.15, 0.2) is 18.1 Å². The van der Waals surface area contributed by atoms with Crippen molar-refractivity contribution in [2.75, 3.05) is 25.7 Å². The number of amides is 1. The molecule has 0 saturated carbocycles. The van der Waals surface area contributed by atoms with Crippen LogP contribution in [-0.2, 0) is 17.8 Å². The smallest absolute Gasteiger partial charge is 0.257 e. The number of anilines is 1. The predicted molar refractivity (Wildman–Crippen MR) is 119 cm³/mol. The predicted octanol–water partition coefficient (Wildman–Crippen LogP) is 3.55. The highest BCUT2D eigenvalue weighted by Crippen LogP contribution is 2.28. The van der Waals surface area contributed by atoms with Gasteiger partial charge in [0.1, 0.15) is 0 Å². The Morgan fingerprint density at radius 2 is 1.60 bits per heavy atom. The second kappa shape index (κ2) is 11.5. The topological polar surface area (TPSA) is 71.6 Å². The van der Waals surface area contributed by atoms with Crippen molar-refractivity contribution in [2.24, 2.45) is 0 Å². The second-order valence-corrected chi connectivity index (χ2v) is 6.70. The summed E-state index contributed by atoms with van der Waals surface area (Å²) in [4.78, 5) is 12.1. The van der Waals surface area contributed by atoms with E-state index in [0.29, 0.717) is 24.6 Å². The number of rotatable bonds is 11. The van der Waals surface area contributed by atoms with Gasteiger partial charge in [-0.2, -0.15) is 0 Å². The molecule has 0 fully saturated rings. The van der Waals surface area contributed by atoms with Gasteiger partial charge in [0.2, 0.25) is 0 Å². The number of carbonyl (C=O) groups is 1. The number of benzene rings is 3. The van der Waals surface area contributed by atoms with Gasteiger partial charge in [0.05, 0.1) is 7.11 Å². The fourth-order valence-electron chi connectivity index (χ4n) is 2.90. The van der Waals surface area contributed by atoms with Crippen LogP contribution in [-0.4, -0.2) is 26.2 Å². The van der Waals surface area contributed by atoms with E-state index in [0.717, 1.165) is 17.7 Å². The lowest BCUT2D eigenvalue weighted by Crippen LogP contribution is -2.30. The van der Waals surface area contributed by atoms with Crippen molar-refractivity contribution in [1.29, 1.82) is 0 Å². The summed E-state index contributed by atoms with van der Waals surface area (Å²) < 4.78 is 11.1. The van der Waals surface area contributed by atoms with Gasteiger partial charge in [-0.05, 0) is 41.8 Å². The summed E-state index contributed by atoms with van der Waals surface area (Å²) >= 11 is 0. The number of nitrogens with one attached hydrogen (secondary N) is 3. The molecule has 0 saturated heterocycles. The first-order valence-corrected chi connectivity index (χ1v) is 9.89. The zero-order chi connectivity index (χ0) is 21.0. The molecule has 0 aliphatic rings. The van der Waals surface area contributed by atoms with E-state index in [2.05, 4.69) is 16.2 Å². The molecule has 6 heteroatoms. The van der Waals surface area contributed by atoms with E-state index in [1.54, 1.807) is 7.11 Å². The minimum atomic E-state index is -0.161. The fraction of sp³-hybridized carbons (Fsp3) is 0.208. The van der Waals surface area contributed by atoms with E-state index in [4.69, 9.17) is 9.47 Å². The molecule has 30 heavy (non-hydrogen) atoms. The van der Waals surface area contributed by atoms with Crippen LogP contribution in [0.4, 0.5) is 5.69 Å². The van der Waals surface area contributed by atoms with Crippen molar-refractivity contribution in [3.8, 4) is 11.5 Å².